The summed E-state index contributed by atoms with van der Waals surface area (Å²) in [6.45, 7) is 17.7. The van der Waals surface area contributed by atoms with Gasteiger partial charge in [-0.1, -0.05) is 48.5 Å². The van der Waals surface area contributed by atoms with E-state index < -0.39 is 33.1 Å². The molecule has 0 aromatic heterocycles. The Hall–Kier alpha value is -4.10. The predicted molar refractivity (Wildman–Crippen MR) is 176 cm³/mol. The molecular formula is C37H44O6S. The van der Waals surface area contributed by atoms with Gasteiger partial charge in [-0.3, -0.25) is 0 Å². The average Bonchev–Trinajstić information content (AvgIpc) is 2.90. The Balaban J connectivity index is 2.19. The summed E-state index contributed by atoms with van der Waals surface area (Å²) in [5.41, 5.74) is -1.71. The summed E-state index contributed by atoms with van der Waals surface area (Å²) < 4.78 is 26.6. The Kier molecular flexibility index (Phi) is 9.31. The highest BCUT2D eigenvalue weighted by Gasteiger charge is 2.43. The Morgan fingerprint density at radius 3 is 1.41 bits per heavy atom. The molecule has 0 fully saturated rings. The first-order valence-electron chi connectivity index (χ1n) is 14.7. The zero-order valence-corrected chi connectivity index (χ0v) is 28.0. The first-order valence-corrected chi connectivity index (χ1v) is 16.2. The van der Waals surface area contributed by atoms with Gasteiger partial charge in [-0.25, -0.2) is 4.79 Å². The number of hydrogen-bond donors (Lipinski definition) is 1. The van der Waals surface area contributed by atoms with E-state index in [4.69, 9.17) is 18.4 Å². The lowest BCUT2D eigenvalue weighted by Gasteiger charge is -2.42. The maximum absolute atomic E-state index is 14.2. The molecular weight excluding hydrogens is 572 g/mol. The van der Waals surface area contributed by atoms with Crippen LogP contribution in [0.5, 0.6) is 23.0 Å². The molecule has 0 saturated carbocycles. The van der Waals surface area contributed by atoms with Gasteiger partial charge >= 0.3 is 5.97 Å². The van der Waals surface area contributed by atoms with Gasteiger partial charge in [0.1, 0.15) is 50.3 Å². The number of para-hydroxylation sites is 1. The largest absolute Gasteiger partial charge is 0.507 e. The molecule has 4 aromatic rings. The molecule has 44 heavy (non-hydrogen) atoms. The monoisotopic (exact) mass is 616 g/mol. The molecule has 6 nitrogen and oxygen atoms in total. The SMILES string of the molecule is CC(C)(C)Oc1cc(OC(C)(C)C)c(S(OC(=O)c2ccccc2O)(c2ccccc2)c2ccccc2)c(OC(C)(C)C)c1. The van der Waals surface area contributed by atoms with Gasteiger partial charge in [0.2, 0.25) is 0 Å². The van der Waals surface area contributed by atoms with Crippen LogP contribution in [0, 0.1) is 0 Å². The molecule has 7 heteroatoms. The molecule has 4 aromatic carbocycles. The second-order valence-electron chi connectivity index (χ2n) is 13.5. The standard InChI is InChI=1S/C37H44O6S/c1-35(2,3)40-26-24-31(41-36(4,5)6)33(32(25-26)42-37(7,8)9)44(27-18-12-10-13-19-27,28-20-14-11-15-21-28)43-34(39)29-22-16-17-23-30(29)38/h10-25,38H,1-9H3. The molecule has 4 rings (SSSR count). The zero-order valence-electron chi connectivity index (χ0n) is 27.1. The highest BCUT2D eigenvalue weighted by atomic mass is 32.3. The molecule has 0 saturated heterocycles. The first kappa shape index (κ1) is 32.8. The molecule has 0 atom stereocenters. The van der Waals surface area contributed by atoms with Gasteiger partial charge in [-0.2, -0.15) is 0 Å². The van der Waals surface area contributed by atoms with Crippen LogP contribution in [0.4, 0.5) is 0 Å². The number of ether oxygens (including phenoxy) is 3. The van der Waals surface area contributed by atoms with Crippen molar-refractivity contribution in [1.82, 2.24) is 0 Å². The number of phenols is 1. The molecule has 1 N–H and O–H groups in total. The molecule has 0 aliphatic rings. The van der Waals surface area contributed by atoms with Crippen LogP contribution in [-0.2, 0) is 4.18 Å². The van der Waals surface area contributed by atoms with E-state index in [2.05, 4.69) is 0 Å². The fraction of sp³-hybridized carbons (Fsp3) is 0.324. The summed E-state index contributed by atoms with van der Waals surface area (Å²) in [5.74, 6) is 0.640. The minimum atomic E-state index is -2.93. The van der Waals surface area contributed by atoms with Crippen LogP contribution in [0.2, 0.25) is 0 Å². The van der Waals surface area contributed by atoms with Gasteiger partial charge in [-0.05, 0) is 98.7 Å². The topological polar surface area (TPSA) is 74.2 Å². The summed E-state index contributed by atoms with van der Waals surface area (Å²) in [6.07, 6.45) is 0. The van der Waals surface area contributed by atoms with Crippen molar-refractivity contribution >= 4 is 16.3 Å². The maximum Gasteiger partial charge on any atom is 0.353 e. The molecule has 0 bridgehead atoms. The second kappa shape index (κ2) is 12.5. The average molecular weight is 617 g/mol. The molecule has 0 aliphatic carbocycles. The van der Waals surface area contributed by atoms with Gasteiger partial charge < -0.3 is 23.5 Å². The van der Waals surface area contributed by atoms with Crippen molar-refractivity contribution in [2.24, 2.45) is 0 Å². The van der Waals surface area contributed by atoms with Crippen molar-refractivity contribution < 1.29 is 28.3 Å². The van der Waals surface area contributed by atoms with E-state index in [-0.39, 0.29) is 11.3 Å². The van der Waals surface area contributed by atoms with Gasteiger partial charge in [0.05, 0.1) is 0 Å². The zero-order chi connectivity index (χ0) is 32.3. The van der Waals surface area contributed by atoms with Gasteiger partial charge in [-0.15, -0.1) is 0 Å². The Labute approximate surface area is 263 Å². The van der Waals surface area contributed by atoms with E-state index in [1.807, 2.05) is 135 Å². The van der Waals surface area contributed by atoms with Crippen LogP contribution in [0.1, 0.15) is 72.7 Å². The minimum absolute atomic E-state index is 0.0560. The maximum atomic E-state index is 14.2. The minimum Gasteiger partial charge on any atom is -0.507 e. The van der Waals surface area contributed by atoms with Crippen LogP contribution in [0.3, 0.4) is 0 Å². The number of hydrogen-bond acceptors (Lipinski definition) is 6. The van der Waals surface area contributed by atoms with Crippen molar-refractivity contribution in [3.8, 4) is 23.0 Å². The Morgan fingerprint density at radius 1 is 0.591 bits per heavy atom. The van der Waals surface area contributed by atoms with Crippen LogP contribution in [0.15, 0.2) is 112 Å². The van der Waals surface area contributed by atoms with E-state index >= 15 is 0 Å². The number of rotatable bonds is 8. The molecule has 0 heterocycles. The molecule has 234 valence electrons. The quantitative estimate of drug-likeness (QED) is 0.212. The van der Waals surface area contributed by atoms with Crippen molar-refractivity contribution in [3.63, 3.8) is 0 Å². The van der Waals surface area contributed by atoms with Crippen molar-refractivity contribution in [3.05, 3.63) is 103 Å². The predicted octanol–water partition coefficient (Wildman–Crippen LogP) is 9.98. The lowest BCUT2D eigenvalue weighted by atomic mass is 10.1. The van der Waals surface area contributed by atoms with Crippen LogP contribution in [-0.4, -0.2) is 27.9 Å². The number of phenolic OH excluding ortho intramolecular Hbond substituents is 1. The summed E-state index contributed by atoms with van der Waals surface area (Å²) in [4.78, 5) is 16.2. The van der Waals surface area contributed by atoms with E-state index in [1.165, 1.54) is 6.07 Å². The highest BCUT2D eigenvalue weighted by Crippen LogP contribution is 2.74. The Morgan fingerprint density at radius 2 is 1.00 bits per heavy atom. The summed E-state index contributed by atoms with van der Waals surface area (Å²) in [5, 5.41) is 10.7. The van der Waals surface area contributed by atoms with Crippen molar-refractivity contribution in [2.75, 3.05) is 0 Å². The van der Waals surface area contributed by atoms with Crippen LogP contribution in [0.25, 0.3) is 0 Å². The number of aromatic hydroxyl groups is 1. The van der Waals surface area contributed by atoms with Crippen molar-refractivity contribution in [2.45, 2.75) is 93.8 Å². The van der Waals surface area contributed by atoms with E-state index in [9.17, 15) is 9.90 Å². The molecule has 0 radical (unpaired) electrons. The van der Waals surface area contributed by atoms with E-state index in [1.54, 1.807) is 18.2 Å². The fourth-order valence-electron chi connectivity index (χ4n) is 4.60. The first-order chi connectivity index (χ1) is 20.5. The smallest absolute Gasteiger partial charge is 0.353 e. The van der Waals surface area contributed by atoms with Gasteiger partial charge in [0.25, 0.3) is 0 Å². The normalized spacial score (nSPS) is 12.8. The lowest BCUT2D eigenvalue weighted by molar-refractivity contribution is 0.0752. The number of carbonyl (C=O) groups excluding carboxylic acids is 1. The third-order valence-corrected chi connectivity index (χ3v) is 9.26. The number of benzene rings is 4. The van der Waals surface area contributed by atoms with Crippen LogP contribution >= 0.6 is 10.3 Å². The summed E-state index contributed by atoms with van der Waals surface area (Å²) >= 11 is 0. The van der Waals surface area contributed by atoms with Crippen LogP contribution < -0.4 is 14.2 Å². The molecule has 0 aliphatic heterocycles. The second-order valence-corrected chi connectivity index (χ2v) is 16.1. The van der Waals surface area contributed by atoms with E-state index in [0.29, 0.717) is 22.1 Å². The lowest BCUT2D eigenvalue weighted by Crippen LogP contribution is -2.28. The summed E-state index contributed by atoms with van der Waals surface area (Å²) in [6, 6.07) is 29.4. The third-order valence-electron chi connectivity index (χ3n) is 6.01. The third kappa shape index (κ3) is 7.88. The molecule has 0 unspecified atom stereocenters. The van der Waals surface area contributed by atoms with Gasteiger partial charge in [0.15, 0.2) is 0 Å². The molecule has 0 spiro atoms. The highest BCUT2D eigenvalue weighted by molar-refractivity contribution is 8.30. The number of carbonyl (C=O) groups is 1. The van der Waals surface area contributed by atoms with E-state index in [0.717, 1.165) is 9.79 Å². The van der Waals surface area contributed by atoms with Gasteiger partial charge in [0, 0.05) is 32.2 Å². The summed E-state index contributed by atoms with van der Waals surface area (Å²) in [7, 11) is -2.93. The van der Waals surface area contributed by atoms with Crippen molar-refractivity contribution in [1.29, 1.82) is 0 Å². The molecule has 0 amide bonds. The Bertz CT molecular complexity index is 1500. The fourth-order valence-corrected chi connectivity index (χ4v) is 7.78.